The zero-order chi connectivity index (χ0) is 12.2. The van der Waals surface area contributed by atoms with E-state index in [2.05, 4.69) is 5.32 Å². The highest BCUT2D eigenvalue weighted by atomic mass is 35.5. The van der Waals surface area contributed by atoms with Crippen LogP contribution in [0.15, 0.2) is 18.2 Å². The predicted octanol–water partition coefficient (Wildman–Crippen LogP) is 1.37. The lowest BCUT2D eigenvalue weighted by molar-refractivity contribution is 0.592. The van der Waals surface area contributed by atoms with Gasteiger partial charge in [-0.15, -0.1) is 0 Å². The summed E-state index contributed by atoms with van der Waals surface area (Å²) in [6.45, 7) is 0.733. The van der Waals surface area contributed by atoms with E-state index in [4.69, 9.17) is 28.3 Å². The molecule has 0 unspecified atom stereocenters. The van der Waals surface area contributed by atoms with E-state index in [0.29, 0.717) is 16.6 Å². The third kappa shape index (κ3) is 4.67. The summed E-state index contributed by atoms with van der Waals surface area (Å²) in [6.07, 6.45) is 0. The van der Waals surface area contributed by atoms with Crippen molar-refractivity contribution in [3.8, 4) is 0 Å². The van der Waals surface area contributed by atoms with Gasteiger partial charge in [0, 0.05) is 13.1 Å². The van der Waals surface area contributed by atoms with Crippen molar-refractivity contribution in [3.63, 3.8) is 0 Å². The molecule has 4 nitrogen and oxygen atoms in total. The van der Waals surface area contributed by atoms with Crippen LogP contribution in [0.4, 0.5) is 0 Å². The van der Waals surface area contributed by atoms with Crippen molar-refractivity contribution in [1.82, 2.24) is 5.32 Å². The second-order valence-corrected chi connectivity index (χ2v) is 5.78. The molecule has 16 heavy (non-hydrogen) atoms. The molecule has 1 rings (SSSR count). The van der Waals surface area contributed by atoms with Crippen molar-refractivity contribution in [1.29, 1.82) is 0 Å². The molecule has 0 saturated heterocycles. The SMILES string of the molecule is NS(=O)(=O)CCNCc1cccc(Cl)c1Cl. The van der Waals surface area contributed by atoms with Crippen molar-refractivity contribution in [2.75, 3.05) is 12.3 Å². The van der Waals surface area contributed by atoms with E-state index in [0.717, 1.165) is 5.56 Å². The number of benzene rings is 1. The lowest BCUT2D eigenvalue weighted by Crippen LogP contribution is -2.26. The Morgan fingerprint density at radius 3 is 2.62 bits per heavy atom. The molecular weight excluding hydrogens is 271 g/mol. The molecule has 0 atom stereocenters. The highest BCUT2D eigenvalue weighted by Gasteiger charge is 2.05. The fourth-order valence-corrected chi connectivity index (χ4v) is 1.94. The van der Waals surface area contributed by atoms with Gasteiger partial charge in [0.15, 0.2) is 0 Å². The van der Waals surface area contributed by atoms with E-state index in [9.17, 15) is 8.42 Å². The van der Waals surface area contributed by atoms with Crippen molar-refractivity contribution in [2.45, 2.75) is 6.54 Å². The number of primary sulfonamides is 1. The fourth-order valence-electron chi connectivity index (χ4n) is 1.12. The molecule has 0 aliphatic heterocycles. The third-order valence-electron chi connectivity index (χ3n) is 1.91. The lowest BCUT2D eigenvalue weighted by Gasteiger charge is -2.06. The molecule has 0 fully saturated rings. The average Bonchev–Trinajstić information content (AvgIpc) is 2.17. The van der Waals surface area contributed by atoms with Gasteiger partial charge in [-0.1, -0.05) is 35.3 Å². The number of halogens is 2. The molecule has 3 N–H and O–H groups in total. The summed E-state index contributed by atoms with van der Waals surface area (Å²) in [6, 6.07) is 5.29. The summed E-state index contributed by atoms with van der Waals surface area (Å²) in [5.74, 6) is -0.106. The summed E-state index contributed by atoms with van der Waals surface area (Å²) in [5, 5.41) is 8.74. The number of nitrogens with one attached hydrogen (secondary N) is 1. The molecule has 0 heterocycles. The summed E-state index contributed by atoms with van der Waals surface area (Å²) in [5.41, 5.74) is 0.823. The van der Waals surface area contributed by atoms with E-state index >= 15 is 0 Å². The first-order chi connectivity index (χ1) is 7.40. The zero-order valence-corrected chi connectivity index (χ0v) is 10.7. The van der Waals surface area contributed by atoms with Gasteiger partial charge in [0.05, 0.1) is 15.8 Å². The molecule has 0 spiro atoms. The molecule has 0 bridgehead atoms. The monoisotopic (exact) mass is 282 g/mol. The highest BCUT2D eigenvalue weighted by molar-refractivity contribution is 7.89. The summed E-state index contributed by atoms with van der Waals surface area (Å²) in [4.78, 5) is 0. The Morgan fingerprint density at radius 2 is 2.00 bits per heavy atom. The van der Waals surface area contributed by atoms with Crippen LogP contribution in [-0.2, 0) is 16.6 Å². The van der Waals surface area contributed by atoms with E-state index in [1.54, 1.807) is 12.1 Å². The summed E-state index contributed by atoms with van der Waals surface area (Å²) >= 11 is 11.8. The minimum absolute atomic E-state index is 0.106. The zero-order valence-electron chi connectivity index (χ0n) is 8.41. The Bertz CT molecular complexity index is 463. The van der Waals surface area contributed by atoms with Crippen molar-refractivity contribution < 1.29 is 8.42 Å². The van der Waals surface area contributed by atoms with Crippen LogP contribution in [0.25, 0.3) is 0 Å². The molecule has 0 radical (unpaired) electrons. The van der Waals surface area contributed by atoms with Crippen LogP contribution < -0.4 is 10.5 Å². The largest absolute Gasteiger partial charge is 0.312 e. The van der Waals surface area contributed by atoms with E-state index in [1.165, 1.54) is 0 Å². The Morgan fingerprint density at radius 1 is 1.31 bits per heavy atom. The van der Waals surface area contributed by atoms with Crippen LogP contribution in [0, 0.1) is 0 Å². The smallest absolute Gasteiger partial charge is 0.210 e. The Kier molecular flexibility index (Phi) is 5.01. The summed E-state index contributed by atoms with van der Waals surface area (Å²) in [7, 11) is -3.42. The van der Waals surface area contributed by atoms with Crippen molar-refractivity contribution in [3.05, 3.63) is 33.8 Å². The van der Waals surface area contributed by atoms with Gasteiger partial charge in [0.1, 0.15) is 0 Å². The van der Waals surface area contributed by atoms with Crippen LogP contribution in [0.1, 0.15) is 5.56 Å². The van der Waals surface area contributed by atoms with Crippen LogP contribution in [0.3, 0.4) is 0 Å². The number of hydrogen-bond acceptors (Lipinski definition) is 3. The molecule has 0 aliphatic carbocycles. The Balaban J connectivity index is 2.47. The van der Waals surface area contributed by atoms with Gasteiger partial charge in [-0.25, -0.2) is 13.6 Å². The standard InChI is InChI=1S/C9H12Cl2N2O2S/c10-8-3-1-2-7(9(8)11)6-13-4-5-16(12,14)15/h1-3,13H,4-6H2,(H2,12,14,15). The van der Waals surface area contributed by atoms with Crippen molar-refractivity contribution >= 4 is 33.2 Å². The second kappa shape index (κ2) is 5.84. The molecule has 1 aromatic carbocycles. The summed E-state index contributed by atoms with van der Waals surface area (Å²) < 4.78 is 21.3. The molecule has 90 valence electrons. The second-order valence-electron chi connectivity index (χ2n) is 3.26. The molecule has 0 saturated carbocycles. The third-order valence-corrected chi connectivity index (χ3v) is 3.54. The van der Waals surface area contributed by atoms with Gasteiger partial charge in [-0.3, -0.25) is 0 Å². The Labute approximate surface area is 105 Å². The number of rotatable bonds is 5. The first-order valence-corrected chi connectivity index (χ1v) is 7.01. The van der Waals surface area contributed by atoms with E-state index in [-0.39, 0.29) is 12.3 Å². The highest BCUT2D eigenvalue weighted by Crippen LogP contribution is 2.25. The minimum Gasteiger partial charge on any atom is -0.312 e. The maximum atomic E-state index is 10.7. The van der Waals surface area contributed by atoms with Crippen molar-refractivity contribution in [2.24, 2.45) is 5.14 Å². The Hall–Kier alpha value is -0.330. The lowest BCUT2D eigenvalue weighted by atomic mass is 10.2. The normalized spacial score (nSPS) is 11.7. The molecule has 0 aliphatic rings. The van der Waals surface area contributed by atoms with Gasteiger partial charge in [-0.05, 0) is 11.6 Å². The molecule has 7 heteroatoms. The van der Waals surface area contributed by atoms with Crippen LogP contribution in [-0.4, -0.2) is 20.7 Å². The van der Waals surface area contributed by atoms with E-state index < -0.39 is 10.0 Å². The van der Waals surface area contributed by atoms with Gasteiger partial charge in [-0.2, -0.15) is 0 Å². The van der Waals surface area contributed by atoms with Gasteiger partial charge in [0.25, 0.3) is 0 Å². The van der Waals surface area contributed by atoms with Crippen LogP contribution in [0.2, 0.25) is 10.0 Å². The molecule has 1 aromatic rings. The average molecular weight is 283 g/mol. The predicted molar refractivity (Wildman–Crippen MR) is 66.1 cm³/mol. The maximum absolute atomic E-state index is 10.7. The topological polar surface area (TPSA) is 72.2 Å². The van der Waals surface area contributed by atoms with Gasteiger partial charge in [0.2, 0.25) is 10.0 Å². The maximum Gasteiger partial charge on any atom is 0.210 e. The minimum atomic E-state index is -3.42. The van der Waals surface area contributed by atoms with Crippen LogP contribution >= 0.6 is 23.2 Å². The number of nitrogens with two attached hydrogens (primary N) is 1. The number of hydrogen-bond donors (Lipinski definition) is 2. The molecular formula is C9H12Cl2N2O2S. The van der Waals surface area contributed by atoms with Gasteiger partial charge < -0.3 is 5.32 Å². The van der Waals surface area contributed by atoms with Gasteiger partial charge >= 0.3 is 0 Å². The fraction of sp³-hybridized carbons (Fsp3) is 0.333. The van der Waals surface area contributed by atoms with E-state index in [1.807, 2.05) is 6.07 Å². The number of sulfonamides is 1. The molecule has 0 aromatic heterocycles. The first kappa shape index (κ1) is 13.7. The first-order valence-electron chi connectivity index (χ1n) is 4.54. The quantitative estimate of drug-likeness (QED) is 0.802. The van der Waals surface area contributed by atoms with Crippen LogP contribution in [0.5, 0.6) is 0 Å². The molecule has 0 amide bonds.